The smallest absolute Gasteiger partial charge is 0.459 e. The number of hydrogen-bond donors (Lipinski definition) is 2. The van der Waals surface area contributed by atoms with Crippen molar-refractivity contribution < 1.29 is 56.4 Å². The highest BCUT2D eigenvalue weighted by molar-refractivity contribution is 7.52. The van der Waals surface area contributed by atoms with Gasteiger partial charge in [0, 0.05) is 18.8 Å². The topological polar surface area (TPSA) is 203 Å². The van der Waals surface area contributed by atoms with Gasteiger partial charge in [-0.2, -0.15) is 5.09 Å². The number of alkyl halides is 1. The molecule has 2 aromatic rings. The molecule has 4 rings (SSSR count). The van der Waals surface area contributed by atoms with E-state index in [1.54, 1.807) is 32.0 Å². The van der Waals surface area contributed by atoms with Gasteiger partial charge in [0.05, 0.1) is 19.8 Å². The summed E-state index contributed by atoms with van der Waals surface area (Å²) >= 11 is 0. The van der Waals surface area contributed by atoms with Gasteiger partial charge in [0.25, 0.3) is 5.56 Å². The highest BCUT2D eigenvalue weighted by Gasteiger charge is 2.56. The van der Waals surface area contributed by atoms with E-state index >= 15 is 4.39 Å². The van der Waals surface area contributed by atoms with Crippen molar-refractivity contribution in [2.45, 2.75) is 89.6 Å². The second kappa shape index (κ2) is 15.6. The number of nitrogens with zero attached hydrogens (tertiary/aromatic N) is 3. The van der Waals surface area contributed by atoms with Crippen LogP contribution in [0.2, 0.25) is 0 Å². The number of aromatic nitrogens is 2. The van der Waals surface area contributed by atoms with Crippen LogP contribution in [0.3, 0.4) is 0 Å². The molecule has 2 aliphatic rings. The third kappa shape index (κ3) is 8.75. The predicted octanol–water partition coefficient (Wildman–Crippen LogP) is 1.86. The number of carbonyl (C=O) groups excluding carboxylic acids is 3. The van der Waals surface area contributed by atoms with Gasteiger partial charge in [-0.15, -0.1) is 0 Å². The van der Waals surface area contributed by atoms with Crippen LogP contribution in [0.5, 0.6) is 5.75 Å². The lowest BCUT2D eigenvalue weighted by Crippen LogP contribution is -2.47. The van der Waals surface area contributed by atoms with Crippen molar-refractivity contribution in [3.63, 3.8) is 0 Å². The van der Waals surface area contributed by atoms with E-state index in [4.69, 9.17) is 23.3 Å². The van der Waals surface area contributed by atoms with Crippen LogP contribution in [-0.4, -0.2) is 93.5 Å². The van der Waals surface area contributed by atoms with Crippen molar-refractivity contribution in [1.29, 1.82) is 0 Å². The zero-order valence-electron chi connectivity index (χ0n) is 27.6. The van der Waals surface area contributed by atoms with Crippen molar-refractivity contribution >= 4 is 25.8 Å². The zero-order chi connectivity index (χ0) is 36.1. The van der Waals surface area contributed by atoms with Gasteiger partial charge < -0.3 is 28.6 Å². The Morgan fingerprint density at radius 1 is 1.16 bits per heavy atom. The summed E-state index contributed by atoms with van der Waals surface area (Å²) in [5, 5.41) is 13.4. The summed E-state index contributed by atoms with van der Waals surface area (Å²) in [5.41, 5.74) is -4.70. The van der Waals surface area contributed by atoms with Crippen LogP contribution in [0.4, 0.5) is 9.18 Å². The van der Waals surface area contributed by atoms with Crippen LogP contribution in [0, 0.1) is 0 Å². The molecular formula is C30H40FN4O13P. The Labute approximate surface area is 280 Å². The maximum atomic E-state index is 16.1. The van der Waals surface area contributed by atoms with E-state index in [-0.39, 0.29) is 18.7 Å². The highest BCUT2D eigenvalue weighted by atomic mass is 31.2. The number of esters is 2. The van der Waals surface area contributed by atoms with Gasteiger partial charge >= 0.3 is 31.5 Å². The van der Waals surface area contributed by atoms with Crippen molar-refractivity contribution in [2.75, 3.05) is 20.3 Å². The summed E-state index contributed by atoms with van der Waals surface area (Å²) in [7, 11) is -3.27. The minimum atomic E-state index is -4.43. The fraction of sp³-hybridized carbons (Fsp3) is 0.567. The summed E-state index contributed by atoms with van der Waals surface area (Å²) in [5.74, 6) is -1.54. The van der Waals surface area contributed by atoms with Gasteiger partial charge in [0.2, 0.25) is 0 Å². The first-order valence-corrected chi connectivity index (χ1v) is 17.0. The number of hydrogen-bond acceptors (Lipinski definition) is 13. The zero-order valence-corrected chi connectivity index (χ0v) is 28.4. The molecule has 0 saturated carbocycles. The second-order valence-corrected chi connectivity index (χ2v) is 13.5. The van der Waals surface area contributed by atoms with Crippen molar-refractivity contribution in [3.8, 4) is 5.75 Å². The van der Waals surface area contributed by atoms with Crippen molar-refractivity contribution in [1.82, 2.24) is 19.1 Å². The normalized spacial score (nSPS) is 25.4. The summed E-state index contributed by atoms with van der Waals surface area (Å²) < 4.78 is 62.9. The number of carbonyl (C=O) groups is 3. The molecule has 3 heterocycles. The molecular weight excluding hydrogens is 674 g/mol. The molecule has 49 heavy (non-hydrogen) atoms. The number of nitrogens with one attached hydrogen (secondary N) is 1. The van der Waals surface area contributed by atoms with Crippen LogP contribution in [0.15, 0.2) is 52.2 Å². The fourth-order valence-corrected chi connectivity index (χ4v) is 6.76. The summed E-state index contributed by atoms with van der Waals surface area (Å²) in [4.78, 5) is 64.3. The van der Waals surface area contributed by atoms with Gasteiger partial charge in [-0.05, 0) is 52.7 Å². The number of halogens is 1. The maximum Gasteiger partial charge on any atom is 0.459 e. The van der Waals surface area contributed by atoms with E-state index in [1.807, 2.05) is 0 Å². The monoisotopic (exact) mass is 714 g/mol. The average Bonchev–Trinajstić information content (AvgIpc) is 3.62. The van der Waals surface area contributed by atoms with Crippen LogP contribution < -0.4 is 20.9 Å². The molecule has 2 saturated heterocycles. The number of amides is 1. The first-order valence-electron chi connectivity index (χ1n) is 15.4. The first kappa shape index (κ1) is 37.7. The Bertz CT molecular complexity index is 1670. The molecule has 19 heteroatoms. The minimum absolute atomic E-state index is 0.101. The van der Waals surface area contributed by atoms with Crippen LogP contribution in [0.25, 0.3) is 0 Å². The predicted molar refractivity (Wildman–Crippen MR) is 167 cm³/mol. The molecule has 0 aliphatic carbocycles. The van der Waals surface area contributed by atoms with Gasteiger partial charge in [-0.1, -0.05) is 18.2 Å². The molecule has 0 bridgehead atoms. The van der Waals surface area contributed by atoms with Crippen LogP contribution >= 0.6 is 7.75 Å². The SMILES string of the molecule is COC(=O)N1CCC[C@H]1C(=O)OCn1c(=O)ccn([C@@H]2O[C@H](COP(=O)(N[C@@H](C)C(=O)OC(C)C)Oc3ccccc3)[C@@H](O)[C@@]2(C)F)c1=O. The van der Waals surface area contributed by atoms with Crippen LogP contribution in [-0.2, 0) is 44.4 Å². The fourth-order valence-electron chi connectivity index (χ4n) is 5.26. The van der Waals surface area contributed by atoms with Crippen LogP contribution in [0.1, 0.15) is 46.8 Å². The largest absolute Gasteiger partial charge is 0.462 e. The summed E-state index contributed by atoms with van der Waals surface area (Å²) in [6.45, 7) is 4.22. The third-order valence-electron chi connectivity index (χ3n) is 7.77. The molecule has 1 aromatic carbocycles. The standard InChI is InChI=1S/C30H40FN4O13P/c1-18(2)46-25(38)19(3)32-49(42,48-20-10-7-6-8-11-20)45-16-22-24(37)30(4,31)27(47-22)34-15-13-23(36)35(28(34)40)17-44-26(39)21-12-9-14-33(21)29(41)43-5/h6-8,10-11,13,15,18-19,21-22,24,27,37H,9,12,14,16-17H2,1-5H3,(H,32,42)/t19-,21-,22+,24+,27+,30+,49?/m0/s1. The van der Waals surface area contributed by atoms with Gasteiger partial charge in [0.15, 0.2) is 18.6 Å². The molecule has 2 aliphatic heterocycles. The number of aliphatic hydroxyl groups is 1. The molecule has 2 fully saturated rings. The van der Waals surface area contributed by atoms with Gasteiger partial charge in [0.1, 0.15) is 30.0 Å². The van der Waals surface area contributed by atoms with E-state index in [9.17, 15) is 33.6 Å². The molecule has 0 radical (unpaired) electrons. The third-order valence-corrected chi connectivity index (χ3v) is 9.41. The number of aliphatic hydroxyl groups excluding tert-OH is 1. The minimum Gasteiger partial charge on any atom is -0.462 e. The maximum absolute atomic E-state index is 16.1. The quantitative estimate of drug-likeness (QED) is 0.173. The number of benzene rings is 1. The van der Waals surface area contributed by atoms with Crippen molar-refractivity contribution in [3.05, 3.63) is 63.4 Å². The van der Waals surface area contributed by atoms with E-state index < -0.39 is 92.7 Å². The molecule has 17 nitrogen and oxygen atoms in total. The average molecular weight is 715 g/mol. The second-order valence-electron chi connectivity index (χ2n) is 11.8. The lowest BCUT2D eigenvalue weighted by molar-refractivity contribution is -0.152. The number of para-hydroxylation sites is 1. The lowest BCUT2D eigenvalue weighted by Gasteiger charge is -2.26. The molecule has 1 unspecified atom stereocenters. The summed E-state index contributed by atoms with van der Waals surface area (Å²) in [6, 6.07) is 6.58. The number of ether oxygens (including phenoxy) is 4. The molecule has 2 N–H and O–H groups in total. The Morgan fingerprint density at radius 3 is 2.51 bits per heavy atom. The molecule has 7 atom stereocenters. The van der Waals surface area contributed by atoms with E-state index in [2.05, 4.69) is 9.82 Å². The van der Waals surface area contributed by atoms with E-state index in [0.717, 1.165) is 31.2 Å². The number of methoxy groups -OCH3 is 1. The van der Waals surface area contributed by atoms with Gasteiger partial charge in [-0.25, -0.2) is 27.9 Å². The van der Waals surface area contributed by atoms with E-state index in [1.165, 1.54) is 19.1 Å². The molecule has 270 valence electrons. The number of rotatable bonds is 13. The highest BCUT2D eigenvalue weighted by Crippen LogP contribution is 2.47. The Hall–Kier alpha value is -4.09. The lowest BCUT2D eigenvalue weighted by atomic mass is 9.98. The van der Waals surface area contributed by atoms with Crippen molar-refractivity contribution in [2.24, 2.45) is 0 Å². The molecule has 1 aromatic heterocycles. The number of likely N-dealkylation sites (tertiary alicyclic amines) is 1. The molecule has 1 amide bonds. The Balaban J connectivity index is 1.51. The Morgan fingerprint density at radius 2 is 1.86 bits per heavy atom. The summed E-state index contributed by atoms with van der Waals surface area (Å²) in [6.07, 6.45) is -4.81. The first-order chi connectivity index (χ1) is 23.1. The van der Waals surface area contributed by atoms with E-state index in [0.29, 0.717) is 15.6 Å². The molecule has 0 spiro atoms. The van der Waals surface area contributed by atoms with Gasteiger partial charge in [-0.3, -0.25) is 23.6 Å². The Kier molecular flexibility index (Phi) is 12.0.